The molecule has 2 aliphatic heterocycles. The van der Waals surface area contributed by atoms with Crippen LogP contribution in [0.5, 0.6) is 0 Å². The molecule has 166 valence electrons. The van der Waals surface area contributed by atoms with Gasteiger partial charge in [0.05, 0.1) is 17.2 Å². The van der Waals surface area contributed by atoms with Crippen molar-refractivity contribution in [2.24, 2.45) is 0 Å². The monoisotopic (exact) mass is 465 g/mol. The maximum absolute atomic E-state index is 14.6. The number of rotatable bonds is 2. The van der Waals surface area contributed by atoms with Crippen LogP contribution in [0, 0.1) is 17.1 Å². The molecule has 4 rings (SSSR count). The van der Waals surface area contributed by atoms with Gasteiger partial charge in [-0.2, -0.15) is 18.4 Å². The molecule has 11 heteroatoms. The summed E-state index contributed by atoms with van der Waals surface area (Å²) in [5.74, 6) is -2.20. The maximum atomic E-state index is 14.6. The molecule has 1 amide bonds. The number of benzene rings is 2. The van der Waals surface area contributed by atoms with Crippen molar-refractivity contribution in [1.29, 1.82) is 5.26 Å². The van der Waals surface area contributed by atoms with Crippen LogP contribution in [0.15, 0.2) is 30.3 Å². The average molecular weight is 465 g/mol. The second-order valence-corrected chi connectivity index (χ2v) is 8.29. The van der Waals surface area contributed by atoms with Gasteiger partial charge < -0.3 is 9.64 Å². The van der Waals surface area contributed by atoms with E-state index in [1.807, 2.05) is 0 Å². The van der Waals surface area contributed by atoms with Crippen molar-refractivity contribution in [2.45, 2.75) is 37.7 Å². The van der Waals surface area contributed by atoms with Crippen molar-refractivity contribution in [3.63, 3.8) is 0 Å². The number of carbonyl (C=O) groups excluding carboxylic acids is 2. The van der Waals surface area contributed by atoms with Crippen LogP contribution in [0.4, 0.5) is 28.9 Å². The van der Waals surface area contributed by atoms with Crippen LogP contribution < -0.4 is 9.80 Å². The van der Waals surface area contributed by atoms with Crippen LogP contribution in [0.2, 0.25) is 0 Å². The molecule has 2 aromatic carbocycles. The minimum absolute atomic E-state index is 0.114. The first kappa shape index (κ1) is 22.0. The van der Waals surface area contributed by atoms with Crippen LogP contribution in [-0.4, -0.2) is 22.9 Å². The highest BCUT2D eigenvalue weighted by Crippen LogP contribution is 2.43. The minimum atomic E-state index is -4.80. The molecule has 1 atom stereocenters. The summed E-state index contributed by atoms with van der Waals surface area (Å²) in [7, 11) is 0. The smallest absolute Gasteiger partial charge is 0.417 e. The fraction of sp³-hybridized carbons (Fsp3) is 0.286. The Hall–Kier alpha value is -3.26. The molecular weight excluding hydrogens is 450 g/mol. The fourth-order valence-corrected chi connectivity index (χ4v) is 4.63. The number of anilines is 2. The molecule has 2 aliphatic rings. The number of hydrogen-bond donors (Lipinski definition) is 1. The number of hydrogen-bond acceptors (Lipinski definition) is 6. The summed E-state index contributed by atoms with van der Waals surface area (Å²) < 4.78 is 59.7. The summed E-state index contributed by atoms with van der Waals surface area (Å²) in [6.07, 6.45) is -4.80. The van der Waals surface area contributed by atoms with E-state index in [9.17, 15) is 27.2 Å². The Morgan fingerprint density at radius 1 is 1.19 bits per heavy atom. The van der Waals surface area contributed by atoms with Crippen molar-refractivity contribution in [3.05, 3.63) is 58.4 Å². The molecule has 6 nitrogen and oxygen atoms in total. The minimum Gasteiger partial charge on any atom is -0.457 e. The van der Waals surface area contributed by atoms with Crippen LogP contribution in [-0.2, 0) is 22.3 Å². The third-order valence-corrected chi connectivity index (χ3v) is 5.97. The highest BCUT2D eigenvalue weighted by Gasteiger charge is 2.52. The highest BCUT2D eigenvalue weighted by molar-refractivity contribution is 7.81. The maximum Gasteiger partial charge on any atom is 0.417 e. The largest absolute Gasteiger partial charge is 0.457 e. The number of fused-ring (bicyclic) bond motifs is 1. The van der Waals surface area contributed by atoms with Crippen LogP contribution in [0.3, 0.4) is 0 Å². The Morgan fingerprint density at radius 3 is 2.50 bits per heavy atom. The van der Waals surface area contributed by atoms with E-state index >= 15 is 0 Å². The first-order chi connectivity index (χ1) is 14.9. The van der Waals surface area contributed by atoms with E-state index in [1.165, 1.54) is 36.9 Å². The van der Waals surface area contributed by atoms with Crippen molar-refractivity contribution >= 4 is 35.9 Å². The third-order valence-electron chi connectivity index (χ3n) is 5.51. The molecule has 1 fully saturated rings. The van der Waals surface area contributed by atoms with Gasteiger partial charge in [0.25, 0.3) is 5.91 Å². The number of alkyl halides is 3. The Balaban J connectivity index is 1.81. The molecule has 0 radical (unpaired) electrons. The molecule has 0 aromatic heterocycles. The zero-order chi connectivity index (χ0) is 23.6. The zero-order valence-corrected chi connectivity index (χ0v) is 17.6. The molecule has 0 saturated carbocycles. The van der Waals surface area contributed by atoms with Crippen molar-refractivity contribution in [2.75, 3.05) is 9.80 Å². The molecule has 32 heavy (non-hydrogen) atoms. The molecule has 0 bridgehead atoms. The Bertz CT molecular complexity index is 1210. The number of cyclic esters (lactones) is 1. The summed E-state index contributed by atoms with van der Waals surface area (Å²) >= 11 is 4.45. The van der Waals surface area contributed by atoms with E-state index in [-0.39, 0.29) is 23.5 Å². The van der Waals surface area contributed by atoms with Crippen LogP contribution >= 0.6 is 12.6 Å². The number of thiol groups is 1. The van der Waals surface area contributed by atoms with Gasteiger partial charge in [0.1, 0.15) is 23.5 Å². The Morgan fingerprint density at radius 2 is 1.88 bits per heavy atom. The predicted molar refractivity (Wildman–Crippen MR) is 108 cm³/mol. The van der Waals surface area contributed by atoms with Gasteiger partial charge in [-0.3, -0.25) is 9.69 Å². The average Bonchev–Trinajstić information content (AvgIpc) is 3.15. The number of nitrogens with zero attached hydrogens (tertiary/aromatic N) is 3. The number of nitriles is 1. The lowest BCUT2D eigenvalue weighted by atomic mass is 10.0. The van der Waals surface area contributed by atoms with Crippen LogP contribution in [0.1, 0.15) is 40.9 Å². The van der Waals surface area contributed by atoms with Gasteiger partial charge in [-0.1, -0.05) is 0 Å². The number of amides is 1. The highest BCUT2D eigenvalue weighted by atomic mass is 32.1. The summed E-state index contributed by atoms with van der Waals surface area (Å²) in [6, 6.07) is 6.98. The van der Waals surface area contributed by atoms with Crippen molar-refractivity contribution in [1.82, 2.24) is 0 Å². The van der Waals surface area contributed by atoms with E-state index in [0.717, 1.165) is 23.1 Å². The third kappa shape index (κ3) is 3.17. The lowest BCUT2D eigenvalue weighted by Gasteiger charge is -2.33. The zero-order valence-electron chi connectivity index (χ0n) is 16.7. The summed E-state index contributed by atoms with van der Waals surface area (Å²) in [6.45, 7) is 2.92. The van der Waals surface area contributed by atoms with Crippen molar-refractivity contribution in [3.8, 4) is 6.07 Å². The summed E-state index contributed by atoms with van der Waals surface area (Å²) in [5.41, 5.74) is -3.96. The van der Waals surface area contributed by atoms with Gasteiger partial charge in [0, 0.05) is 16.9 Å². The van der Waals surface area contributed by atoms with E-state index in [2.05, 4.69) is 12.6 Å². The first-order valence-electron chi connectivity index (χ1n) is 9.30. The quantitative estimate of drug-likeness (QED) is 0.408. The summed E-state index contributed by atoms with van der Waals surface area (Å²) in [4.78, 5) is 27.4. The number of ether oxygens (including phenoxy) is 1. The molecule has 0 spiro atoms. The van der Waals surface area contributed by atoms with Gasteiger partial charge in [-0.15, -0.1) is 12.6 Å². The number of esters is 1. The lowest BCUT2D eigenvalue weighted by Crippen LogP contribution is -2.45. The van der Waals surface area contributed by atoms with E-state index < -0.39 is 46.0 Å². The second-order valence-electron chi connectivity index (χ2n) is 7.83. The normalized spacial score (nSPS) is 19.8. The molecule has 0 N–H and O–H groups in total. The predicted octanol–water partition coefficient (Wildman–Crippen LogP) is 4.23. The second kappa shape index (κ2) is 7.13. The Labute approximate surface area is 185 Å². The van der Waals surface area contributed by atoms with Gasteiger partial charge in [-0.05, 0) is 44.2 Å². The molecule has 2 heterocycles. The van der Waals surface area contributed by atoms with Gasteiger partial charge in [0.2, 0.25) is 0 Å². The molecule has 0 aliphatic carbocycles. The fourth-order valence-electron chi connectivity index (χ4n) is 3.97. The van der Waals surface area contributed by atoms with E-state index in [1.54, 1.807) is 0 Å². The first-order valence-corrected chi connectivity index (χ1v) is 9.81. The van der Waals surface area contributed by atoms with E-state index in [4.69, 9.17) is 10.00 Å². The number of carbonyl (C=O) groups is 2. The summed E-state index contributed by atoms with van der Waals surface area (Å²) in [5, 5.41) is 9.01. The Kier molecular flexibility index (Phi) is 4.89. The molecular formula is C21H15F4N3O3S. The van der Waals surface area contributed by atoms with Gasteiger partial charge >= 0.3 is 12.1 Å². The van der Waals surface area contributed by atoms with E-state index in [0.29, 0.717) is 5.56 Å². The SMILES string of the molecule is CC1(C)C(=O)N(c2ccc(C#N)c(C(F)(F)F)c2)C(S)N1c1cc(F)c2c(c1)COC2=O. The molecule has 2 aromatic rings. The van der Waals surface area contributed by atoms with Crippen molar-refractivity contribution < 1.29 is 31.9 Å². The van der Waals surface area contributed by atoms with Gasteiger partial charge in [-0.25, -0.2) is 9.18 Å². The standard InChI is InChI=1S/C21H15F4N3O3S/c1-20(2)18(30)27(12-4-3-10(8-26)14(6-12)21(23,24)25)19(32)28(20)13-5-11-9-31-17(29)16(11)15(22)7-13/h3-7,19,32H,9H2,1-2H3. The molecule has 1 unspecified atom stereocenters. The number of halogens is 4. The lowest BCUT2D eigenvalue weighted by molar-refractivity contribution is -0.137. The molecule has 1 saturated heterocycles. The van der Waals surface area contributed by atoms with Crippen LogP contribution in [0.25, 0.3) is 0 Å². The van der Waals surface area contributed by atoms with Gasteiger partial charge in [0.15, 0.2) is 5.50 Å². The topological polar surface area (TPSA) is 73.6 Å².